The van der Waals surface area contributed by atoms with E-state index in [0.29, 0.717) is 30.3 Å². The van der Waals surface area contributed by atoms with E-state index >= 15 is 0 Å². The van der Waals surface area contributed by atoms with Crippen LogP contribution in [-0.2, 0) is 4.84 Å². The van der Waals surface area contributed by atoms with Crippen molar-refractivity contribution in [3.05, 3.63) is 64.7 Å². The average molecular weight is 525 g/mol. The summed E-state index contributed by atoms with van der Waals surface area (Å²) in [5.41, 5.74) is 3.25. The van der Waals surface area contributed by atoms with Crippen LogP contribution in [0.15, 0.2) is 36.4 Å². The Morgan fingerprint density at radius 3 is 2.14 bits per heavy atom. The van der Waals surface area contributed by atoms with Crippen LogP contribution in [0.3, 0.4) is 0 Å². The molecule has 0 fully saturated rings. The van der Waals surface area contributed by atoms with Gasteiger partial charge in [0.2, 0.25) is 0 Å². The number of hydroxylamine groups is 1. The number of aliphatic hydroxyl groups is 3. The second-order valence-corrected chi connectivity index (χ2v) is 8.62. The van der Waals surface area contributed by atoms with E-state index in [4.69, 9.17) is 9.57 Å². The van der Waals surface area contributed by atoms with E-state index in [1.54, 1.807) is 24.0 Å². The Kier molecular flexibility index (Phi) is 11.9. The van der Waals surface area contributed by atoms with Gasteiger partial charge in [-0.15, -0.1) is 0 Å². The van der Waals surface area contributed by atoms with Gasteiger partial charge in [0.15, 0.2) is 0 Å². The smallest absolute Gasteiger partial charge is 0.274 e. The molecule has 37 heavy (non-hydrogen) atoms. The van der Waals surface area contributed by atoms with Crippen LogP contribution in [0.4, 0.5) is 8.78 Å². The van der Waals surface area contributed by atoms with Crippen molar-refractivity contribution in [3.8, 4) is 5.75 Å². The highest BCUT2D eigenvalue weighted by Crippen LogP contribution is 2.17. The molecular weight excluding hydrogens is 490 g/mol. The highest BCUT2D eigenvalue weighted by molar-refractivity contribution is 5.99. The summed E-state index contributed by atoms with van der Waals surface area (Å²) in [7, 11) is 0. The number of nitrogens with one attached hydrogen (secondary N) is 1. The molecule has 0 aliphatic heterocycles. The van der Waals surface area contributed by atoms with Gasteiger partial charge in [0.05, 0.1) is 6.61 Å². The van der Waals surface area contributed by atoms with Gasteiger partial charge < -0.3 is 25.0 Å². The Morgan fingerprint density at radius 1 is 0.973 bits per heavy atom. The number of rotatable bonds is 14. The maximum Gasteiger partial charge on any atom is 0.274 e. The molecule has 3 atom stereocenters. The molecule has 0 saturated heterocycles. The fourth-order valence-electron chi connectivity index (χ4n) is 3.61. The van der Waals surface area contributed by atoms with Gasteiger partial charge in [0.1, 0.15) is 42.3 Å². The maximum absolute atomic E-state index is 13.4. The summed E-state index contributed by atoms with van der Waals surface area (Å²) in [4.78, 5) is 32.8. The Labute approximate surface area is 214 Å². The van der Waals surface area contributed by atoms with Gasteiger partial charge in [-0.3, -0.25) is 14.4 Å². The third-order valence-corrected chi connectivity index (χ3v) is 5.38. The van der Waals surface area contributed by atoms with Crippen LogP contribution in [-0.4, -0.2) is 76.6 Å². The topological polar surface area (TPSA) is 129 Å². The van der Waals surface area contributed by atoms with Gasteiger partial charge in [-0.2, -0.15) is 0 Å². The molecule has 2 amide bonds. The van der Waals surface area contributed by atoms with Crippen molar-refractivity contribution in [2.45, 2.75) is 51.9 Å². The summed E-state index contributed by atoms with van der Waals surface area (Å²) in [5, 5.41) is 29.3. The van der Waals surface area contributed by atoms with Gasteiger partial charge in [0.25, 0.3) is 11.8 Å². The fraction of sp³-hybridized carbons (Fsp3) is 0.462. The first kappa shape index (κ1) is 30.1. The lowest BCUT2D eigenvalue weighted by Gasteiger charge is -2.26. The number of hydrogen-bond acceptors (Lipinski definition) is 7. The minimum atomic E-state index is -1.73. The number of carbonyl (C=O) groups is 2. The third-order valence-electron chi connectivity index (χ3n) is 5.38. The van der Waals surface area contributed by atoms with Gasteiger partial charge in [0, 0.05) is 42.4 Å². The molecule has 204 valence electrons. The van der Waals surface area contributed by atoms with Gasteiger partial charge >= 0.3 is 0 Å². The Balaban J connectivity index is 2.17. The molecule has 11 heteroatoms. The van der Waals surface area contributed by atoms with E-state index in [-0.39, 0.29) is 17.2 Å². The fourth-order valence-corrected chi connectivity index (χ4v) is 3.61. The summed E-state index contributed by atoms with van der Waals surface area (Å²) in [6.45, 7) is 5.46. The van der Waals surface area contributed by atoms with Crippen LogP contribution in [0.5, 0.6) is 5.75 Å². The minimum Gasteiger partial charge on any atom is -0.490 e. The zero-order valence-electron chi connectivity index (χ0n) is 21.1. The second kappa shape index (κ2) is 14.6. The first-order valence-electron chi connectivity index (χ1n) is 12.0. The van der Waals surface area contributed by atoms with Crippen molar-refractivity contribution in [1.29, 1.82) is 0 Å². The zero-order valence-corrected chi connectivity index (χ0v) is 21.1. The van der Waals surface area contributed by atoms with Crippen molar-refractivity contribution < 1.29 is 43.3 Å². The summed E-state index contributed by atoms with van der Waals surface area (Å²) in [5.74, 6) is -2.95. The molecule has 1 unspecified atom stereocenters. The Bertz CT molecular complexity index is 1030. The molecule has 2 aromatic rings. The molecule has 0 aliphatic carbocycles. The normalized spacial score (nSPS) is 13.5. The molecule has 2 aromatic carbocycles. The Hall–Kier alpha value is -3.12. The molecule has 0 spiro atoms. The molecule has 0 saturated carbocycles. The van der Waals surface area contributed by atoms with E-state index in [2.05, 4.69) is 5.48 Å². The first-order valence-corrected chi connectivity index (χ1v) is 12.0. The molecule has 9 nitrogen and oxygen atoms in total. The lowest BCUT2D eigenvalue weighted by molar-refractivity contribution is -0.133. The van der Waals surface area contributed by atoms with Gasteiger partial charge in [-0.1, -0.05) is 13.8 Å². The van der Waals surface area contributed by atoms with E-state index in [1.165, 1.54) is 6.07 Å². The van der Waals surface area contributed by atoms with Crippen molar-refractivity contribution in [3.63, 3.8) is 0 Å². The number of hydrogen-bond donors (Lipinski definition) is 4. The third kappa shape index (κ3) is 9.04. The standard InChI is InChI=1S/C26H34F2N2O7/c1-4-6-30(7-5-2)26(35)18-9-16(3)8-17(10-18)25(34)29-37-23(24(33)22(32)14-31)15-36-21-12-19(27)11-20(28)13-21/h8-13,22-24,31-33H,4-7,14-15H2,1-3H3,(H,29,34)/t22?,23-,24-/m0/s1. The van der Waals surface area contributed by atoms with Crippen LogP contribution in [0.1, 0.15) is 53.0 Å². The maximum atomic E-state index is 13.4. The van der Waals surface area contributed by atoms with Crippen LogP contribution in [0.2, 0.25) is 0 Å². The molecule has 0 aliphatic rings. The summed E-state index contributed by atoms with van der Waals surface area (Å²) in [6, 6.07) is 7.09. The van der Waals surface area contributed by atoms with Crippen LogP contribution >= 0.6 is 0 Å². The number of aliphatic hydroxyl groups excluding tert-OH is 3. The SMILES string of the molecule is CCCN(CCC)C(=O)c1cc(C)cc(C(=O)NO[C@@H](COc2cc(F)cc(F)c2)[C@@H](O)C(O)CO)c1. The molecule has 0 bridgehead atoms. The summed E-state index contributed by atoms with van der Waals surface area (Å²) in [6.07, 6.45) is -3.25. The van der Waals surface area contributed by atoms with E-state index in [1.807, 2.05) is 13.8 Å². The number of ether oxygens (including phenoxy) is 1. The van der Waals surface area contributed by atoms with Crippen molar-refractivity contribution in [2.24, 2.45) is 0 Å². The number of nitrogens with zero attached hydrogens (tertiary/aromatic N) is 1. The van der Waals surface area contributed by atoms with Gasteiger partial charge in [-0.25, -0.2) is 14.3 Å². The average Bonchev–Trinajstić information content (AvgIpc) is 2.86. The summed E-state index contributed by atoms with van der Waals surface area (Å²) >= 11 is 0. The molecule has 0 aromatic heterocycles. The molecule has 4 N–H and O–H groups in total. The number of benzene rings is 2. The number of halogens is 2. The number of aryl methyl sites for hydroxylation is 1. The van der Waals surface area contributed by atoms with Crippen LogP contribution in [0.25, 0.3) is 0 Å². The lowest BCUT2D eigenvalue weighted by Crippen LogP contribution is -2.47. The van der Waals surface area contributed by atoms with Crippen molar-refractivity contribution in [2.75, 3.05) is 26.3 Å². The number of amides is 2. The second-order valence-electron chi connectivity index (χ2n) is 8.62. The van der Waals surface area contributed by atoms with Crippen LogP contribution < -0.4 is 10.2 Å². The predicted octanol–water partition coefficient (Wildman–Crippen LogP) is 2.36. The lowest BCUT2D eigenvalue weighted by atomic mass is 10.0. The molecule has 0 heterocycles. The van der Waals surface area contributed by atoms with E-state index in [9.17, 15) is 33.7 Å². The first-order chi connectivity index (χ1) is 17.6. The molecular formula is C26H34F2N2O7. The monoisotopic (exact) mass is 524 g/mol. The highest BCUT2D eigenvalue weighted by atomic mass is 19.1. The largest absolute Gasteiger partial charge is 0.490 e. The molecule has 0 radical (unpaired) electrons. The van der Waals surface area contributed by atoms with Crippen LogP contribution in [0, 0.1) is 18.6 Å². The van der Waals surface area contributed by atoms with Gasteiger partial charge in [-0.05, 0) is 43.5 Å². The van der Waals surface area contributed by atoms with Crippen molar-refractivity contribution >= 4 is 11.8 Å². The molecule has 2 rings (SSSR count). The zero-order chi connectivity index (χ0) is 27.5. The predicted molar refractivity (Wildman–Crippen MR) is 131 cm³/mol. The van der Waals surface area contributed by atoms with E-state index in [0.717, 1.165) is 25.0 Å². The Morgan fingerprint density at radius 2 is 1.57 bits per heavy atom. The number of carbonyl (C=O) groups excluding carboxylic acids is 2. The quantitative estimate of drug-likeness (QED) is 0.279. The summed E-state index contributed by atoms with van der Waals surface area (Å²) < 4.78 is 32.1. The van der Waals surface area contributed by atoms with E-state index < -0.39 is 49.1 Å². The minimum absolute atomic E-state index is 0.111. The highest BCUT2D eigenvalue weighted by Gasteiger charge is 2.29. The van der Waals surface area contributed by atoms with Crippen molar-refractivity contribution in [1.82, 2.24) is 10.4 Å².